The largest absolute Gasteiger partial charge is 0.464 e. The van der Waals surface area contributed by atoms with Gasteiger partial charge in [-0.15, -0.1) is 0 Å². The van der Waals surface area contributed by atoms with E-state index in [4.69, 9.17) is 4.42 Å². The van der Waals surface area contributed by atoms with Crippen molar-refractivity contribution in [3.05, 3.63) is 65.4 Å². The van der Waals surface area contributed by atoms with Crippen molar-refractivity contribution in [1.82, 2.24) is 24.5 Å². The summed E-state index contributed by atoms with van der Waals surface area (Å²) < 4.78 is 33.0. The van der Waals surface area contributed by atoms with Gasteiger partial charge in [-0.05, 0) is 49.2 Å². The number of fused-ring (bicyclic) bond motifs is 2. The molecule has 0 unspecified atom stereocenters. The average molecular weight is 409 g/mol. The molecule has 0 spiro atoms. The Bertz CT molecular complexity index is 1290. The van der Waals surface area contributed by atoms with Crippen LogP contribution in [0, 0.1) is 0 Å². The SMILES string of the molecule is CN(C(=O)c1ccc2occc2c1)C1CC(=Cc2cc(C(F)F)nc3ncnn23)C1. The smallest absolute Gasteiger partial charge is 0.280 e. The molecule has 30 heavy (non-hydrogen) atoms. The Balaban J connectivity index is 1.33. The van der Waals surface area contributed by atoms with E-state index in [0.717, 1.165) is 16.5 Å². The molecule has 0 N–H and O–H groups in total. The fourth-order valence-electron chi connectivity index (χ4n) is 3.68. The number of rotatable bonds is 4. The monoisotopic (exact) mass is 409 g/mol. The molecule has 4 aromatic rings. The lowest BCUT2D eigenvalue weighted by Gasteiger charge is -2.37. The van der Waals surface area contributed by atoms with Crippen LogP contribution in [0.1, 0.15) is 41.0 Å². The van der Waals surface area contributed by atoms with E-state index >= 15 is 0 Å². The van der Waals surface area contributed by atoms with Crippen molar-refractivity contribution < 1.29 is 18.0 Å². The quantitative estimate of drug-likeness (QED) is 0.507. The van der Waals surface area contributed by atoms with Crippen molar-refractivity contribution in [2.24, 2.45) is 0 Å². The maximum Gasteiger partial charge on any atom is 0.280 e. The highest BCUT2D eigenvalue weighted by molar-refractivity contribution is 5.97. The third-order valence-electron chi connectivity index (χ3n) is 5.44. The molecule has 0 aliphatic heterocycles. The maximum absolute atomic E-state index is 13.1. The number of nitrogens with zero attached hydrogens (tertiary/aromatic N) is 5. The van der Waals surface area contributed by atoms with E-state index in [9.17, 15) is 13.6 Å². The molecule has 7 nitrogen and oxygen atoms in total. The third-order valence-corrected chi connectivity index (χ3v) is 5.44. The van der Waals surface area contributed by atoms with Gasteiger partial charge in [-0.1, -0.05) is 5.57 Å². The summed E-state index contributed by atoms with van der Waals surface area (Å²) in [4.78, 5) is 22.3. The second-order valence-corrected chi connectivity index (χ2v) is 7.33. The van der Waals surface area contributed by atoms with Crippen LogP contribution >= 0.6 is 0 Å². The van der Waals surface area contributed by atoms with E-state index in [1.54, 1.807) is 30.3 Å². The van der Waals surface area contributed by atoms with E-state index in [1.807, 2.05) is 18.2 Å². The number of hydrogen-bond acceptors (Lipinski definition) is 5. The molecule has 0 atom stereocenters. The summed E-state index contributed by atoms with van der Waals surface area (Å²) in [5.74, 6) is 0.0715. The first kappa shape index (κ1) is 18.4. The zero-order chi connectivity index (χ0) is 20.8. The first-order valence-electron chi connectivity index (χ1n) is 9.42. The highest BCUT2D eigenvalue weighted by atomic mass is 19.3. The average Bonchev–Trinajstić information content (AvgIpc) is 3.37. The van der Waals surface area contributed by atoms with Crippen molar-refractivity contribution >= 4 is 28.7 Å². The Morgan fingerprint density at radius 3 is 2.93 bits per heavy atom. The van der Waals surface area contributed by atoms with Gasteiger partial charge >= 0.3 is 0 Å². The number of hydrogen-bond donors (Lipinski definition) is 0. The van der Waals surface area contributed by atoms with Gasteiger partial charge in [0.1, 0.15) is 17.6 Å². The van der Waals surface area contributed by atoms with Gasteiger partial charge in [-0.2, -0.15) is 14.6 Å². The highest BCUT2D eigenvalue weighted by Gasteiger charge is 2.30. The standard InChI is InChI=1S/C21H17F2N5O2/c1-27(20(29)14-2-3-18-13(9-14)4-5-30-18)15-6-12(7-15)8-16-10-17(19(22)23)26-21-24-11-25-28(16)21/h2-5,8-11,15,19H,6-7H2,1H3. The van der Waals surface area contributed by atoms with Gasteiger partial charge in [0.15, 0.2) is 0 Å². The topological polar surface area (TPSA) is 76.5 Å². The van der Waals surface area contributed by atoms with Crippen LogP contribution in [0.2, 0.25) is 0 Å². The van der Waals surface area contributed by atoms with Crippen molar-refractivity contribution in [3.63, 3.8) is 0 Å². The molecule has 0 radical (unpaired) electrons. The molecule has 1 aromatic carbocycles. The number of carbonyl (C=O) groups is 1. The van der Waals surface area contributed by atoms with Gasteiger partial charge in [-0.25, -0.2) is 13.8 Å². The van der Waals surface area contributed by atoms with Gasteiger partial charge in [0.05, 0.1) is 12.0 Å². The molecule has 1 aliphatic rings. The number of halogens is 2. The van der Waals surface area contributed by atoms with Crippen molar-refractivity contribution in [2.75, 3.05) is 7.05 Å². The molecular weight excluding hydrogens is 392 g/mol. The van der Waals surface area contributed by atoms with Crippen molar-refractivity contribution in [3.8, 4) is 0 Å². The molecule has 1 aliphatic carbocycles. The molecule has 1 saturated carbocycles. The van der Waals surface area contributed by atoms with Crippen LogP contribution in [0.5, 0.6) is 0 Å². The fourth-order valence-corrected chi connectivity index (χ4v) is 3.68. The maximum atomic E-state index is 13.1. The molecule has 0 saturated heterocycles. The lowest BCUT2D eigenvalue weighted by atomic mass is 9.84. The molecular formula is C21H17F2N5O2. The Hall–Kier alpha value is -3.62. The molecule has 1 fully saturated rings. The highest BCUT2D eigenvalue weighted by Crippen LogP contribution is 2.33. The third kappa shape index (κ3) is 3.12. The summed E-state index contributed by atoms with van der Waals surface area (Å²) in [5, 5.41) is 4.94. The van der Waals surface area contributed by atoms with E-state index in [1.165, 1.54) is 16.9 Å². The molecule has 3 aromatic heterocycles. The van der Waals surface area contributed by atoms with Crippen LogP contribution in [0.25, 0.3) is 22.8 Å². The minimum atomic E-state index is -2.69. The van der Waals surface area contributed by atoms with Crippen molar-refractivity contribution in [1.29, 1.82) is 0 Å². The van der Waals surface area contributed by atoms with Crippen LogP contribution in [-0.4, -0.2) is 43.5 Å². The number of furan rings is 1. The van der Waals surface area contributed by atoms with Crippen LogP contribution in [0.4, 0.5) is 8.78 Å². The molecule has 0 bridgehead atoms. The van der Waals surface area contributed by atoms with Crippen LogP contribution in [0.3, 0.4) is 0 Å². The summed E-state index contributed by atoms with van der Waals surface area (Å²) in [5.41, 5.74) is 2.56. The summed E-state index contributed by atoms with van der Waals surface area (Å²) in [6.07, 6.45) is 3.34. The van der Waals surface area contributed by atoms with Gasteiger partial charge in [0, 0.05) is 24.0 Å². The first-order chi connectivity index (χ1) is 14.5. The lowest BCUT2D eigenvalue weighted by Crippen LogP contribution is -2.42. The van der Waals surface area contributed by atoms with E-state index in [-0.39, 0.29) is 23.4 Å². The Morgan fingerprint density at radius 1 is 1.30 bits per heavy atom. The number of alkyl halides is 2. The van der Waals surface area contributed by atoms with E-state index < -0.39 is 6.43 Å². The molecule has 3 heterocycles. The molecule has 9 heteroatoms. The van der Waals surface area contributed by atoms with Gasteiger partial charge in [0.25, 0.3) is 18.1 Å². The number of aromatic nitrogens is 4. The Morgan fingerprint density at radius 2 is 2.13 bits per heavy atom. The minimum Gasteiger partial charge on any atom is -0.464 e. The zero-order valence-electron chi connectivity index (χ0n) is 16.0. The lowest BCUT2D eigenvalue weighted by molar-refractivity contribution is 0.0699. The Kier molecular flexibility index (Phi) is 4.30. The second-order valence-electron chi connectivity index (χ2n) is 7.33. The zero-order valence-corrected chi connectivity index (χ0v) is 16.0. The van der Waals surface area contributed by atoms with Crippen molar-refractivity contribution in [2.45, 2.75) is 25.3 Å². The summed E-state index contributed by atoms with van der Waals surface area (Å²) in [6, 6.07) is 8.55. The molecule has 5 rings (SSSR count). The summed E-state index contributed by atoms with van der Waals surface area (Å²) in [6.45, 7) is 0. The Labute approximate surface area is 169 Å². The van der Waals surface area contributed by atoms with Gasteiger partial charge in [0.2, 0.25) is 0 Å². The molecule has 1 amide bonds. The van der Waals surface area contributed by atoms with Gasteiger partial charge < -0.3 is 9.32 Å². The van der Waals surface area contributed by atoms with Crippen LogP contribution in [0.15, 0.2) is 52.9 Å². The summed E-state index contributed by atoms with van der Waals surface area (Å²) in [7, 11) is 1.78. The van der Waals surface area contributed by atoms with Gasteiger partial charge in [-0.3, -0.25) is 4.79 Å². The number of amides is 1. The minimum absolute atomic E-state index is 0.0476. The predicted molar refractivity (Wildman–Crippen MR) is 105 cm³/mol. The predicted octanol–water partition coefficient (Wildman–Crippen LogP) is 4.13. The molecule has 152 valence electrons. The first-order valence-corrected chi connectivity index (χ1v) is 9.42. The summed E-state index contributed by atoms with van der Waals surface area (Å²) >= 11 is 0. The van der Waals surface area contributed by atoms with E-state index in [0.29, 0.717) is 24.1 Å². The van der Waals surface area contributed by atoms with Crippen LogP contribution < -0.4 is 0 Å². The fraction of sp³-hybridized carbons (Fsp3) is 0.238. The number of benzene rings is 1. The van der Waals surface area contributed by atoms with Crippen LogP contribution in [-0.2, 0) is 0 Å². The number of carbonyl (C=O) groups excluding carboxylic acids is 1. The van der Waals surface area contributed by atoms with E-state index in [2.05, 4.69) is 15.1 Å². The normalized spacial score (nSPS) is 16.3. The second kappa shape index (κ2) is 7.01.